The van der Waals surface area contributed by atoms with Gasteiger partial charge < -0.3 is 15.0 Å². The number of ether oxygens (including phenoxy) is 1. The van der Waals surface area contributed by atoms with Crippen LogP contribution < -0.4 is 5.32 Å². The van der Waals surface area contributed by atoms with Crippen LogP contribution in [0, 0.1) is 0 Å². The lowest BCUT2D eigenvalue weighted by Crippen LogP contribution is -2.67. The Balaban J connectivity index is 1.38. The molecule has 0 aromatic heterocycles. The van der Waals surface area contributed by atoms with Crippen molar-refractivity contribution in [2.45, 2.75) is 36.9 Å². The smallest absolute Gasteiger partial charge is 0.251 e. The zero-order valence-corrected chi connectivity index (χ0v) is 17.5. The molecule has 1 unspecified atom stereocenters. The molecule has 5 heteroatoms. The molecule has 0 bridgehead atoms. The molecule has 0 aliphatic carbocycles. The second kappa shape index (κ2) is 8.88. The fourth-order valence-electron chi connectivity index (χ4n) is 5.45. The Kier molecular flexibility index (Phi) is 5.84. The molecule has 3 saturated heterocycles. The molecule has 3 fully saturated rings. The maximum Gasteiger partial charge on any atom is 0.251 e. The van der Waals surface area contributed by atoms with Gasteiger partial charge in [-0.1, -0.05) is 60.7 Å². The third-order valence-corrected chi connectivity index (χ3v) is 6.91. The predicted molar refractivity (Wildman–Crippen MR) is 117 cm³/mol. The molecule has 5 nitrogen and oxygen atoms in total. The van der Waals surface area contributed by atoms with Gasteiger partial charge in [0.1, 0.15) is 6.10 Å². The van der Waals surface area contributed by atoms with Gasteiger partial charge in [0.05, 0.1) is 0 Å². The second-order valence-electron chi connectivity index (χ2n) is 8.70. The SMILES string of the molecule is O=C([C@@H]1CCCO1)N1CCN2C(C(c3ccccc3)c3ccccc3)CNC[C@@H]2C1. The lowest BCUT2D eigenvalue weighted by atomic mass is 9.82. The maximum absolute atomic E-state index is 12.9. The van der Waals surface area contributed by atoms with Gasteiger partial charge in [-0.3, -0.25) is 9.69 Å². The fraction of sp³-hybridized carbons (Fsp3) is 0.480. The van der Waals surface area contributed by atoms with Crippen molar-refractivity contribution in [2.24, 2.45) is 0 Å². The predicted octanol–water partition coefficient (Wildman–Crippen LogP) is 2.48. The van der Waals surface area contributed by atoms with E-state index in [4.69, 9.17) is 4.74 Å². The summed E-state index contributed by atoms with van der Waals surface area (Å²) in [5.41, 5.74) is 2.71. The summed E-state index contributed by atoms with van der Waals surface area (Å²) in [4.78, 5) is 17.6. The number of fused-ring (bicyclic) bond motifs is 1. The van der Waals surface area contributed by atoms with Crippen molar-refractivity contribution >= 4 is 5.91 Å². The number of benzene rings is 2. The fourth-order valence-corrected chi connectivity index (χ4v) is 5.45. The summed E-state index contributed by atoms with van der Waals surface area (Å²) in [6.45, 7) is 5.12. The van der Waals surface area contributed by atoms with Crippen LogP contribution in [-0.2, 0) is 9.53 Å². The van der Waals surface area contributed by atoms with E-state index in [9.17, 15) is 4.79 Å². The Hall–Kier alpha value is -2.21. The van der Waals surface area contributed by atoms with E-state index < -0.39 is 0 Å². The number of nitrogens with one attached hydrogen (secondary N) is 1. The quantitative estimate of drug-likeness (QED) is 0.849. The summed E-state index contributed by atoms with van der Waals surface area (Å²) in [6.07, 6.45) is 1.65. The summed E-state index contributed by atoms with van der Waals surface area (Å²) < 4.78 is 5.66. The highest BCUT2D eigenvalue weighted by Crippen LogP contribution is 2.34. The van der Waals surface area contributed by atoms with Crippen LogP contribution >= 0.6 is 0 Å². The maximum atomic E-state index is 12.9. The van der Waals surface area contributed by atoms with Crippen LogP contribution in [-0.4, -0.2) is 73.2 Å². The van der Waals surface area contributed by atoms with Gasteiger partial charge in [0.15, 0.2) is 0 Å². The van der Waals surface area contributed by atoms with Crippen LogP contribution in [0.5, 0.6) is 0 Å². The van der Waals surface area contributed by atoms with E-state index in [0.29, 0.717) is 18.0 Å². The van der Waals surface area contributed by atoms with E-state index in [1.54, 1.807) is 0 Å². The molecule has 1 N–H and O–H groups in total. The van der Waals surface area contributed by atoms with Gasteiger partial charge in [0.2, 0.25) is 0 Å². The van der Waals surface area contributed by atoms with Crippen LogP contribution in [0.3, 0.4) is 0 Å². The first-order chi connectivity index (χ1) is 14.8. The monoisotopic (exact) mass is 405 g/mol. The summed E-state index contributed by atoms with van der Waals surface area (Å²) in [5.74, 6) is 0.500. The molecule has 3 heterocycles. The largest absolute Gasteiger partial charge is 0.368 e. The number of carbonyl (C=O) groups is 1. The third kappa shape index (κ3) is 3.89. The molecular weight excluding hydrogens is 374 g/mol. The van der Waals surface area contributed by atoms with Crippen molar-refractivity contribution in [1.29, 1.82) is 0 Å². The Morgan fingerprint density at radius 1 is 0.967 bits per heavy atom. The van der Waals surface area contributed by atoms with Crippen molar-refractivity contribution in [2.75, 3.05) is 39.3 Å². The van der Waals surface area contributed by atoms with Crippen LogP contribution in [0.4, 0.5) is 0 Å². The molecule has 3 aliphatic heterocycles. The Bertz CT molecular complexity index is 798. The van der Waals surface area contributed by atoms with Gasteiger partial charge in [0.25, 0.3) is 5.91 Å². The Morgan fingerprint density at radius 3 is 2.30 bits per heavy atom. The van der Waals surface area contributed by atoms with E-state index in [2.05, 4.69) is 70.9 Å². The molecule has 5 rings (SSSR count). The van der Waals surface area contributed by atoms with Crippen LogP contribution in [0.15, 0.2) is 60.7 Å². The van der Waals surface area contributed by atoms with Gasteiger partial charge in [-0.2, -0.15) is 0 Å². The minimum Gasteiger partial charge on any atom is -0.368 e. The lowest BCUT2D eigenvalue weighted by Gasteiger charge is -2.51. The van der Waals surface area contributed by atoms with Gasteiger partial charge in [-0.15, -0.1) is 0 Å². The molecule has 0 spiro atoms. The van der Waals surface area contributed by atoms with Gasteiger partial charge >= 0.3 is 0 Å². The number of carbonyl (C=O) groups excluding carboxylic acids is 1. The first kappa shape index (κ1) is 19.7. The molecule has 2 aromatic rings. The average molecular weight is 406 g/mol. The normalized spacial score (nSPS) is 27.2. The van der Waals surface area contributed by atoms with E-state index in [0.717, 1.165) is 52.2 Å². The minimum absolute atomic E-state index is 0.192. The van der Waals surface area contributed by atoms with E-state index in [-0.39, 0.29) is 12.0 Å². The molecule has 2 aromatic carbocycles. The lowest BCUT2D eigenvalue weighted by molar-refractivity contribution is -0.145. The highest BCUT2D eigenvalue weighted by molar-refractivity contribution is 5.81. The van der Waals surface area contributed by atoms with Crippen LogP contribution in [0.2, 0.25) is 0 Å². The highest BCUT2D eigenvalue weighted by atomic mass is 16.5. The summed E-state index contributed by atoms with van der Waals surface area (Å²) >= 11 is 0. The summed E-state index contributed by atoms with van der Waals surface area (Å²) in [7, 11) is 0. The Morgan fingerprint density at radius 2 is 1.67 bits per heavy atom. The average Bonchev–Trinajstić information content (AvgIpc) is 3.35. The van der Waals surface area contributed by atoms with Crippen molar-refractivity contribution in [1.82, 2.24) is 15.1 Å². The summed E-state index contributed by atoms with van der Waals surface area (Å²) in [5, 5.41) is 3.67. The molecule has 3 aliphatic rings. The van der Waals surface area contributed by atoms with E-state index in [1.165, 1.54) is 11.1 Å². The number of hydrogen-bond donors (Lipinski definition) is 1. The zero-order valence-electron chi connectivity index (χ0n) is 17.5. The number of piperazine rings is 2. The number of amides is 1. The number of hydrogen-bond acceptors (Lipinski definition) is 4. The first-order valence-corrected chi connectivity index (χ1v) is 11.3. The molecule has 0 radical (unpaired) electrons. The Labute approximate surface area is 179 Å². The summed E-state index contributed by atoms with van der Waals surface area (Å²) in [6, 6.07) is 22.4. The molecule has 3 atom stereocenters. The number of nitrogens with zero attached hydrogens (tertiary/aromatic N) is 2. The van der Waals surface area contributed by atoms with Crippen molar-refractivity contribution in [3.05, 3.63) is 71.8 Å². The molecular formula is C25H31N3O2. The van der Waals surface area contributed by atoms with E-state index >= 15 is 0 Å². The first-order valence-electron chi connectivity index (χ1n) is 11.3. The van der Waals surface area contributed by atoms with Crippen molar-refractivity contribution in [3.63, 3.8) is 0 Å². The van der Waals surface area contributed by atoms with Gasteiger partial charge in [0, 0.05) is 57.3 Å². The van der Waals surface area contributed by atoms with Crippen molar-refractivity contribution in [3.8, 4) is 0 Å². The van der Waals surface area contributed by atoms with Crippen LogP contribution in [0.25, 0.3) is 0 Å². The minimum atomic E-state index is -0.217. The molecule has 1 amide bonds. The topological polar surface area (TPSA) is 44.8 Å². The molecule has 158 valence electrons. The second-order valence-corrected chi connectivity index (χ2v) is 8.70. The molecule has 30 heavy (non-hydrogen) atoms. The van der Waals surface area contributed by atoms with Crippen molar-refractivity contribution < 1.29 is 9.53 Å². The number of rotatable bonds is 4. The highest BCUT2D eigenvalue weighted by Gasteiger charge is 2.41. The van der Waals surface area contributed by atoms with Gasteiger partial charge in [-0.25, -0.2) is 0 Å². The van der Waals surface area contributed by atoms with Gasteiger partial charge in [-0.05, 0) is 24.0 Å². The van der Waals surface area contributed by atoms with Crippen LogP contribution in [0.1, 0.15) is 29.9 Å². The third-order valence-electron chi connectivity index (χ3n) is 6.91. The zero-order chi connectivity index (χ0) is 20.3. The molecule has 0 saturated carbocycles. The van der Waals surface area contributed by atoms with E-state index in [1.807, 2.05) is 4.90 Å². The standard InChI is InChI=1S/C25H31N3O2/c29-25(23-12-7-15-30-23)27-13-14-28-21(18-27)16-26-17-22(28)24(19-8-3-1-4-9-19)20-10-5-2-6-11-20/h1-6,8-11,21-24,26H,7,12-18H2/t21-,22?,23+/m1/s1.